The average Bonchev–Trinajstić information content (AvgIpc) is 2.53. The van der Waals surface area contributed by atoms with Crippen LogP contribution in [0.15, 0.2) is 30.5 Å². The van der Waals surface area contributed by atoms with Crippen molar-refractivity contribution >= 4 is 28.2 Å². The fourth-order valence-electron chi connectivity index (χ4n) is 2.75. The van der Waals surface area contributed by atoms with E-state index in [0.29, 0.717) is 12.2 Å². The van der Waals surface area contributed by atoms with E-state index >= 15 is 0 Å². The number of nitrogens with zero attached hydrogens (tertiary/aromatic N) is 2. The highest BCUT2D eigenvalue weighted by Gasteiger charge is 2.16. The second-order valence-corrected chi connectivity index (χ2v) is 5.43. The molecule has 5 heteroatoms. The maximum absolute atomic E-state index is 12.2. The van der Waals surface area contributed by atoms with Gasteiger partial charge >= 0.3 is 0 Å². The van der Waals surface area contributed by atoms with E-state index in [9.17, 15) is 4.79 Å². The highest BCUT2D eigenvalue weighted by atomic mass is 16.2. The van der Waals surface area contributed by atoms with Gasteiger partial charge in [-0.2, -0.15) is 0 Å². The van der Waals surface area contributed by atoms with E-state index in [1.165, 1.54) is 6.42 Å². The SMILES string of the molecule is Nc1ccc2c(NCC(=O)N3CCCCC3)ccnc2c1. The molecule has 0 aliphatic carbocycles. The summed E-state index contributed by atoms with van der Waals surface area (Å²) in [5.74, 6) is 0.162. The molecule has 1 aliphatic rings. The van der Waals surface area contributed by atoms with Crippen molar-refractivity contribution in [2.45, 2.75) is 19.3 Å². The molecule has 5 nitrogen and oxygen atoms in total. The van der Waals surface area contributed by atoms with E-state index in [4.69, 9.17) is 5.73 Å². The first-order valence-corrected chi connectivity index (χ1v) is 7.40. The zero-order valence-electron chi connectivity index (χ0n) is 12.0. The van der Waals surface area contributed by atoms with Crippen molar-refractivity contribution < 1.29 is 4.79 Å². The van der Waals surface area contributed by atoms with Gasteiger partial charge in [-0.1, -0.05) is 0 Å². The third-order valence-electron chi connectivity index (χ3n) is 3.91. The van der Waals surface area contributed by atoms with Crippen molar-refractivity contribution in [1.29, 1.82) is 0 Å². The van der Waals surface area contributed by atoms with Crippen LogP contribution in [0.4, 0.5) is 11.4 Å². The number of nitrogen functional groups attached to an aromatic ring is 1. The Bertz CT molecular complexity index is 650. The Kier molecular flexibility index (Phi) is 3.90. The second-order valence-electron chi connectivity index (χ2n) is 5.43. The quantitative estimate of drug-likeness (QED) is 0.848. The number of pyridine rings is 1. The molecule has 2 aromatic rings. The van der Waals surface area contributed by atoms with Crippen LogP contribution in [0.1, 0.15) is 19.3 Å². The van der Waals surface area contributed by atoms with Crippen molar-refractivity contribution in [3.63, 3.8) is 0 Å². The Morgan fingerprint density at radius 3 is 2.86 bits per heavy atom. The fraction of sp³-hybridized carbons (Fsp3) is 0.375. The van der Waals surface area contributed by atoms with Gasteiger partial charge in [-0.05, 0) is 43.5 Å². The molecule has 1 aliphatic heterocycles. The Morgan fingerprint density at radius 1 is 1.24 bits per heavy atom. The lowest BCUT2D eigenvalue weighted by Crippen LogP contribution is -2.39. The lowest BCUT2D eigenvalue weighted by molar-refractivity contribution is -0.130. The molecule has 1 aromatic carbocycles. The van der Waals surface area contributed by atoms with E-state index in [-0.39, 0.29) is 5.91 Å². The number of piperidine rings is 1. The molecule has 0 bridgehead atoms. The molecule has 0 unspecified atom stereocenters. The predicted octanol–water partition coefficient (Wildman–Crippen LogP) is 2.24. The van der Waals surface area contributed by atoms with Gasteiger partial charge in [0.1, 0.15) is 0 Å². The summed E-state index contributed by atoms with van der Waals surface area (Å²) in [6.45, 7) is 2.09. The lowest BCUT2D eigenvalue weighted by atomic mass is 10.1. The summed E-state index contributed by atoms with van der Waals surface area (Å²) in [7, 11) is 0. The summed E-state index contributed by atoms with van der Waals surface area (Å²) >= 11 is 0. The number of nitrogens with one attached hydrogen (secondary N) is 1. The highest BCUT2D eigenvalue weighted by Crippen LogP contribution is 2.23. The molecule has 0 radical (unpaired) electrons. The van der Waals surface area contributed by atoms with E-state index in [1.54, 1.807) is 6.20 Å². The number of hydrogen-bond donors (Lipinski definition) is 2. The number of fused-ring (bicyclic) bond motifs is 1. The van der Waals surface area contributed by atoms with Gasteiger partial charge in [-0.3, -0.25) is 9.78 Å². The molecule has 0 saturated carbocycles. The molecule has 1 amide bonds. The van der Waals surface area contributed by atoms with Crippen LogP contribution in [0.2, 0.25) is 0 Å². The maximum Gasteiger partial charge on any atom is 0.241 e. The monoisotopic (exact) mass is 284 g/mol. The van der Waals surface area contributed by atoms with E-state index in [1.807, 2.05) is 29.2 Å². The third-order valence-corrected chi connectivity index (χ3v) is 3.91. The minimum atomic E-state index is 0.162. The molecule has 21 heavy (non-hydrogen) atoms. The van der Waals surface area contributed by atoms with Gasteiger partial charge < -0.3 is 16.0 Å². The number of carbonyl (C=O) groups is 1. The lowest BCUT2D eigenvalue weighted by Gasteiger charge is -2.27. The molecule has 1 aromatic heterocycles. The molecule has 3 N–H and O–H groups in total. The van der Waals surface area contributed by atoms with Crippen LogP contribution in [0.3, 0.4) is 0 Å². The minimum absolute atomic E-state index is 0.162. The molecule has 0 spiro atoms. The van der Waals surface area contributed by atoms with Crippen LogP contribution < -0.4 is 11.1 Å². The zero-order valence-corrected chi connectivity index (χ0v) is 12.0. The predicted molar refractivity (Wildman–Crippen MR) is 85.1 cm³/mol. The van der Waals surface area contributed by atoms with Crippen LogP contribution >= 0.6 is 0 Å². The largest absolute Gasteiger partial charge is 0.399 e. The second kappa shape index (κ2) is 5.99. The smallest absolute Gasteiger partial charge is 0.241 e. The summed E-state index contributed by atoms with van der Waals surface area (Å²) in [4.78, 5) is 18.4. The first-order chi connectivity index (χ1) is 10.2. The van der Waals surface area contributed by atoms with Gasteiger partial charge in [0.2, 0.25) is 5.91 Å². The summed E-state index contributed by atoms with van der Waals surface area (Å²) in [6.07, 6.45) is 5.19. The van der Waals surface area contributed by atoms with Crippen LogP contribution in [0.5, 0.6) is 0 Å². The summed E-state index contributed by atoms with van der Waals surface area (Å²) in [5.41, 5.74) is 8.22. The van der Waals surface area contributed by atoms with Crippen LogP contribution in [0.25, 0.3) is 10.9 Å². The standard InChI is InChI=1S/C16H20N4O/c17-12-4-5-13-14(6-7-18-15(13)10-12)19-11-16(21)20-8-2-1-3-9-20/h4-7,10H,1-3,8-9,11,17H2,(H,18,19). The Morgan fingerprint density at radius 2 is 2.05 bits per heavy atom. The van der Waals surface area contributed by atoms with Crippen molar-refractivity contribution in [2.24, 2.45) is 0 Å². The Balaban J connectivity index is 1.71. The molecular weight excluding hydrogens is 264 g/mol. The van der Waals surface area contributed by atoms with Gasteiger partial charge in [-0.15, -0.1) is 0 Å². The van der Waals surface area contributed by atoms with Gasteiger partial charge in [0.25, 0.3) is 0 Å². The van der Waals surface area contributed by atoms with Crippen LogP contribution in [0, 0.1) is 0 Å². The number of benzene rings is 1. The summed E-state index contributed by atoms with van der Waals surface area (Å²) in [6, 6.07) is 7.52. The fourth-order valence-corrected chi connectivity index (χ4v) is 2.75. The molecule has 3 rings (SSSR count). The number of likely N-dealkylation sites (tertiary alicyclic amines) is 1. The molecule has 2 heterocycles. The average molecular weight is 284 g/mol. The number of hydrogen-bond acceptors (Lipinski definition) is 4. The minimum Gasteiger partial charge on any atom is -0.399 e. The maximum atomic E-state index is 12.2. The van der Waals surface area contributed by atoms with E-state index in [0.717, 1.165) is 42.5 Å². The molecule has 110 valence electrons. The topological polar surface area (TPSA) is 71.2 Å². The van der Waals surface area contributed by atoms with Crippen LogP contribution in [-0.2, 0) is 4.79 Å². The first-order valence-electron chi connectivity index (χ1n) is 7.40. The highest BCUT2D eigenvalue weighted by molar-refractivity contribution is 5.94. The number of nitrogens with two attached hydrogens (primary N) is 1. The van der Waals surface area contributed by atoms with Gasteiger partial charge in [0.15, 0.2) is 0 Å². The van der Waals surface area contributed by atoms with Gasteiger partial charge in [0, 0.05) is 36.0 Å². The molecular formula is C16H20N4O. The normalized spacial score (nSPS) is 15.1. The number of rotatable bonds is 3. The van der Waals surface area contributed by atoms with Gasteiger partial charge in [-0.25, -0.2) is 0 Å². The third kappa shape index (κ3) is 3.07. The summed E-state index contributed by atoms with van der Waals surface area (Å²) in [5, 5.41) is 4.22. The molecule has 1 fully saturated rings. The number of aromatic nitrogens is 1. The van der Waals surface area contributed by atoms with Crippen molar-refractivity contribution in [2.75, 3.05) is 30.7 Å². The first kappa shape index (κ1) is 13.7. The van der Waals surface area contributed by atoms with Gasteiger partial charge in [0.05, 0.1) is 12.1 Å². The molecule has 1 saturated heterocycles. The van der Waals surface area contributed by atoms with Crippen LogP contribution in [-0.4, -0.2) is 35.4 Å². The number of amides is 1. The number of carbonyl (C=O) groups excluding carboxylic acids is 1. The van der Waals surface area contributed by atoms with Crippen molar-refractivity contribution in [1.82, 2.24) is 9.88 Å². The Labute approximate surface area is 124 Å². The van der Waals surface area contributed by atoms with Crippen molar-refractivity contribution in [3.05, 3.63) is 30.5 Å². The van der Waals surface area contributed by atoms with Crippen molar-refractivity contribution in [3.8, 4) is 0 Å². The van der Waals surface area contributed by atoms with E-state index in [2.05, 4.69) is 10.3 Å². The summed E-state index contributed by atoms with van der Waals surface area (Å²) < 4.78 is 0. The Hall–Kier alpha value is -2.30. The number of anilines is 2. The molecule has 0 atom stereocenters. The zero-order chi connectivity index (χ0) is 14.7. The van der Waals surface area contributed by atoms with E-state index < -0.39 is 0 Å².